The topological polar surface area (TPSA) is 95.0 Å². The van der Waals surface area contributed by atoms with Crippen LogP contribution in [0.3, 0.4) is 0 Å². The summed E-state index contributed by atoms with van der Waals surface area (Å²) < 4.78 is 83.5. The quantitative estimate of drug-likeness (QED) is 0.403. The maximum Gasteiger partial charge on any atom is 0.395 e. The average Bonchev–Trinajstić information content (AvgIpc) is 3.31. The van der Waals surface area contributed by atoms with Crippen LogP contribution in [0.2, 0.25) is 0 Å². The molecule has 0 atom stereocenters. The zero-order valence-corrected chi connectivity index (χ0v) is 21.8. The summed E-state index contributed by atoms with van der Waals surface area (Å²) in [5.41, 5.74) is -0.983. The molecule has 9 nitrogen and oxygen atoms in total. The van der Waals surface area contributed by atoms with Crippen LogP contribution in [0.15, 0.2) is 18.5 Å². The number of hydrogen-bond acceptors (Lipinski definition) is 5. The number of aromatic amines is 1. The number of nitrogens with zero attached hydrogens (tertiary/aromatic N) is 6. The number of nitrogens with one attached hydrogen (secondary N) is 2. The van der Waals surface area contributed by atoms with Crippen LogP contribution in [0.4, 0.5) is 42.6 Å². The Labute approximate surface area is 224 Å². The predicted octanol–water partition coefficient (Wildman–Crippen LogP) is 5.36. The van der Waals surface area contributed by atoms with Crippen LogP contribution in [0, 0.1) is 5.92 Å². The van der Waals surface area contributed by atoms with Crippen LogP contribution in [-0.4, -0.2) is 78.8 Å². The number of halogens is 6. The molecule has 216 valence electrons. The number of piperidine rings is 1. The molecule has 3 aromatic heterocycles. The van der Waals surface area contributed by atoms with Gasteiger partial charge in [0.2, 0.25) is 0 Å². The Balaban J connectivity index is 1.30. The van der Waals surface area contributed by atoms with E-state index < -0.39 is 41.8 Å². The molecule has 2 saturated heterocycles. The summed E-state index contributed by atoms with van der Waals surface area (Å²) >= 11 is 0. The van der Waals surface area contributed by atoms with E-state index in [2.05, 4.69) is 25.6 Å². The summed E-state index contributed by atoms with van der Waals surface area (Å²) in [6.07, 6.45) is -0.209. The van der Waals surface area contributed by atoms with Crippen molar-refractivity contribution in [3.8, 4) is 11.4 Å². The van der Waals surface area contributed by atoms with Crippen LogP contribution < -0.4 is 10.2 Å². The van der Waals surface area contributed by atoms with Gasteiger partial charge >= 0.3 is 12.2 Å². The second kappa shape index (κ2) is 8.74. The second-order valence-corrected chi connectivity index (χ2v) is 11.7. The highest BCUT2D eigenvalue weighted by atomic mass is 19.4. The van der Waals surface area contributed by atoms with E-state index in [4.69, 9.17) is 0 Å². The predicted molar refractivity (Wildman–Crippen MR) is 134 cm³/mol. The first kappa shape index (κ1) is 26.7. The van der Waals surface area contributed by atoms with Crippen molar-refractivity contribution in [1.29, 1.82) is 0 Å². The van der Waals surface area contributed by atoms with Gasteiger partial charge in [0.1, 0.15) is 11.4 Å². The molecule has 3 aromatic rings. The van der Waals surface area contributed by atoms with Gasteiger partial charge in [0, 0.05) is 31.2 Å². The normalized spacial score (nSPS) is 20.7. The molecule has 0 unspecified atom stereocenters. The molecule has 3 aliphatic rings. The van der Waals surface area contributed by atoms with Gasteiger partial charge in [-0.25, -0.2) is 18.0 Å². The van der Waals surface area contributed by atoms with Crippen molar-refractivity contribution in [2.45, 2.75) is 69.4 Å². The van der Waals surface area contributed by atoms with E-state index >= 15 is 0 Å². The number of hydrogen-bond donors (Lipinski definition) is 2. The fourth-order valence-electron chi connectivity index (χ4n) is 5.50. The Morgan fingerprint density at radius 2 is 1.82 bits per heavy atom. The van der Waals surface area contributed by atoms with Crippen LogP contribution >= 0.6 is 0 Å². The molecule has 2 amide bonds. The Morgan fingerprint density at radius 1 is 1.12 bits per heavy atom. The second-order valence-electron chi connectivity index (χ2n) is 11.7. The first-order valence-corrected chi connectivity index (χ1v) is 13.0. The first-order valence-electron chi connectivity index (χ1n) is 13.0. The smallest absolute Gasteiger partial charge is 0.353 e. The van der Waals surface area contributed by atoms with Gasteiger partial charge in [0.25, 0.3) is 5.92 Å². The van der Waals surface area contributed by atoms with Gasteiger partial charge < -0.3 is 15.1 Å². The molecule has 6 rings (SSSR count). The summed E-state index contributed by atoms with van der Waals surface area (Å²) in [5, 5.41) is 14.3. The molecule has 0 bridgehead atoms. The third-order valence-electron chi connectivity index (χ3n) is 7.91. The fraction of sp³-hybridized carbons (Fsp3) is 0.600. The van der Waals surface area contributed by atoms with E-state index in [1.165, 1.54) is 40.7 Å². The number of carbonyl (C=O) groups is 1. The number of amides is 2. The van der Waals surface area contributed by atoms with Crippen molar-refractivity contribution in [2.24, 2.45) is 5.92 Å². The molecule has 2 aliphatic heterocycles. The standard InChI is InChI=1S/C25H28F6N8O/c1-22(2,26)12-39-18-7-16(32-8-15(18)20(36-39)37-10-14(11-37)25(29,30)31)19-17(9-33-35-19)34-21(40)38-13-24(27,28)6-5-23(38)3-4-23/h7-9,14H,3-6,10-13H2,1-2H3,(H,33,35)(H,34,40). The minimum atomic E-state index is -4.31. The summed E-state index contributed by atoms with van der Waals surface area (Å²) in [6.45, 7) is 1.38. The Hall–Kier alpha value is -3.52. The van der Waals surface area contributed by atoms with Gasteiger partial charge in [-0.05, 0) is 39.2 Å². The molecule has 1 saturated carbocycles. The molecule has 15 heteroatoms. The van der Waals surface area contributed by atoms with Gasteiger partial charge in [-0.3, -0.25) is 14.8 Å². The van der Waals surface area contributed by atoms with Crippen LogP contribution in [0.5, 0.6) is 0 Å². The zero-order valence-electron chi connectivity index (χ0n) is 21.8. The minimum Gasteiger partial charge on any atom is -0.353 e. The molecule has 0 radical (unpaired) electrons. The largest absolute Gasteiger partial charge is 0.395 e. The number of alkyl halides is 6. The highest BCUT2D eigenvalue weighted by Gasteiger charge is 2.57. The third-order valence-corrected chi connectivity index (χ3v) is 7.91. The molecule has 40 heavy (non-hydrogen) atoms. The van der Waals surface area contributed by atoms with Crippen molar-refractivity contribution in [2.75, 3.05) is 29.9 Å². The molecule has 5 heterocycles. The van der Waals surface area contributed by atoms with Gasteiger partial charge in [-0.15, -0.1) is 0 Å². The van der Waals surface area contributed by atoms with Crippen molar-refractivity contribution in [1.82, 2.24) is 29.9 Å². The number of carbonyl (C=O) groups excluding carboxylic acids is 1. The molecular formula is C25H28F6N8O. The van der Waals surface area contributed by atoms with Gasteiger partial charge in [0.05, 0.1) is 47.5 Å². The van der Waals surface area contributed by atoms with E-state index in [9.17, 15) is 31.1 Å². The highest BCUT2D eigenvalue weighted by molar-refractivity contribution is 5.96. The van der Waals surface area contributed by atoms with E-state index in [1.54, 1.807) is 6.07 Å². The summed E-state index contributed by atoms with van der Waals surface area (Å²) in [4.78, 5) is 20.2. The number of urea groups is 1. The summed E-state index contributed by atoms with van der Waals surface area (Å²) in [5.74, 6) is -4.16. The van der Waals surface area contributed by atoms with Crippen molar-refractivity contribution in [3.63, 3.8) is 0 Å². The molecular weight excluding hydrogens is 542 g/mol. The lowest BCUT2D eigenvalue weighted by molar-refractivity contribution is -0.180. The molecule has 1 spiro atoms. The number of likely N-dealkylation sites (tertiary alicyclic amines) is 1. The lowest BCUT2D eigenvalue weighted by Gasteiger charge is -2.40. The van der Waals surface area contributed by atoms with Crippen molar-refractivity contribution in [3.05, 3.63) is 18.5 Å². The number of H-pyrrole nitrogens is 1. The number of aromatic nitrogens is 5. The third kappa shape index (κ3) is 4.83. The van der Waals surface area contributed by atoms with E-state index in [0.717, 1.165) is 0 Å². The number of pyridine rings is 1. The van der Waals surface area contributed by atoms with Gasteiger partial charge in [-0.2, -0.15) is 23.4 Å². The fourth-order valence-corrected chi connectivity index (χ4v) is 5.50. The van der Waals surface area contributed by atoms with Crippen LogP contribution in [0.25, 0.3) is 22.3 Å². The molecule has 2 N–H and O–H groups in total. The van der Waals surface area contributed by atoms with Gasteiger partial charge in [-0.1, -0.05) is 0 Å². The van der Waals surface area contributed by atoms with Gasteiger partial charge in [0.15, 0.2) is 5.82 Å². The minimum absolute atomic E-state index is 0.165. The maximum absolute atomic E-state index is 14.6. The number of fused-ring (bicyclic) bond motifs is 1. The number of anilines is 2. The molecule has 3 fully saturated rings. The monoisotopic (exact) mass is 570 g/mol. The Bertz CT molecular complexity index is 1450. The highest BCUT2D eigenvalue weighted by Crippen LogP contribution is 2.51. The average molecular weight is 571 g/mol. The summed E-state index contributed by atoms with van der Waals surface area (Å²) in [6, 6.07) is 0.920. The molecule has 0 aromatic carbocycles. The van der Waals surface area contributed by atoms with Crippen LogP contribution in [0.1, 0.15) is 39.5 Å². The molecule has 1 aliphatic carbocycles. The first-order chi connectivity index (χ1) is 18.6. The number of rotatable bonds is 5. The lowest BCUT2D eigenvalue weighted by atomic mass is 9.97. The zero-order chi connectivity index (χ0) is 28.7. The summed E-state index contributed by atoms with van der Waals surface area (Å²) in [7, 11) is 0. The van der Waals surface area contributed by atoms with E-state index in [0.29, 0.717) is 35.1 Å². The van der Waals surface area contributed by atoms with Crippen LogP contribution in [-0.2, 0) is 6.54 Å². The Morgan fingerprint density at radius 3 is 2.48 bits per heavy atom. The van der Waals surface area contributed by atoms with E-state index in [-0.39, 0.29) is 44.0 Å². The van der Waals surface area contributed by atoms with Crippen molar-refractivity contribution >= 4 is 28.4 Å². The Kier molecular flexibility index (Phi) is 5.83. The lowest BCUT2D eigenvalue weighted by Crippen LogP contribution is -2.54. The maximum atomic E-state index is 14.6. The SMILES string of the molecule is CC(C)(F)Cn1nc(N2CC(C(F)(F)F)C2)c2cnc(-c3[nH]ncc3NC(=O)N3CC(F)(F)CCC34CC4)cc21. The van der Waals surface area contributed by atoms with E-state index in [1.807, 2.05) is 0 Å². The van der Waals surface area contributed by atoms with Crippen molar-refractivity contribution < 1.29 is 31.1 Å².